The molecule has 1 aromatic heterocycles. The molecular formula is C17H22N4O6. The van der Waals surface area contributed by atoms with E-state index < -0.39 is 35.0 Å². The maximum atomic E-state index is 12.5. The van der Waals surface area contributed by atoms with Gasteiger partial charge in [0.1, 0.15) is 5.60 Å². The Morgan fingerprint density at radius 1 is 1.22 bits per heavy atom. The third kappa shape index (κ3) is 3.64. The van der Waals surface area contributed by atoms with Gasteiger partial charge >= 0.3 is 11.8 Å². The highest BCUT2D eigenvalue weighted by Gasteiger charge is 2.56. The highest BCUT2D eigenvalue weighted by Crippen LogP contribution is 2.43. The summed E-state index contributed by atoms with van der Waals surface area (Å²) in [6, 6.07) is 1.30. The first kappa shape index (κ1) is 19.2. The van der Waals surface area contributed by atoms with Gasteiger partial charge in [0.15, 0.2) is 0 Å². The molecule has 3 rings (SSSR count). The number of hydrogen-bond acceptors (Lipinski definition) is 7. The molecule has 0 radical (unpaired) electrons. The standard InChI is InChI=1S/C17H22N4O6/c18-13(23)10-5-11(8-19-7-10)20-14(24)15(25)21-4-3-16(26)6-12(22)1-2-17(16,27)9-21/h5,7-8,12,22,26-27H,1-4,6,9H2,(H2,18,23)(H,20,24)/t12-,16+,17-/m0/s1. The lowest BCUT2D eigenvalue weighted by Crippen LogP contribution is -2.69. The van der Waals surface area contributed by atoms with E-state index in [4.69, 9.17) is 5.73 Å². The van der Waals surface area contributed by atoms with Crippen molar-refractivity contribution in [3.8, 4) is 0 Å². The van der Waals surface area contributed by atoms with E-state index in [1.54, 1.807) is 0 Å². The van der Waals surface area contributed by atoms with E-state index >= 15 is 0 Å². The van der Waals surface area contributed by atoms with E-state index in [9.17, 15) is 29.7 Å². The van der Waals surface area contributed by atoms with Gasteiger partial charge in [0, 0.05) is 19.2 Å². The molecule has 0 unspecified atom stereocenters. The lowest BCUT2D eigenvalue weighted by atomic mass is 9.66. The number of pyridine rings is 1. The second-order valence-electron chi connectivity index (χ2n) is 7.22. The summed E-state index contributed by atoms with van der Waals surface area (Å²) in [5.41, 5.74) is 2.31. The number of nitrogens with one attached hydrogen (secondary N) is 1. The maximum Gasteiger partial charge on any atom is 0.313 e. The van der Waals surface area contributed by atoms with Crippen molar-refractivity contribution in [1.29, 1.82) is 0 Å². The van der Waals surface area contributed by atoms with Gasteiger partial charge in [0.2, 0.25) is 5.91 Å². The number of likely N-dealkylation sites (tertiary alicyclic amines) is 1. The van der Waals surface area contributed by atoms with E-state index in [0.717, 1.165) is 0 Å². The first-order chi connectivity index (χ1) is 12.6. The first-order valence-electron chi connectivity index (χ1n) is 8.61. The van der Waals surface area contributed by atoms with Crippen molar-refractivity contribution in [3.05, 3.63) is 24.0 Å². The topological polar surface area (TPSA) is 166 Å². The number of carbonyl (C=O) groups is 3. The van der Waals surface area contributed by atoms with Gasteiger partial charge in [-0.05, 0) is 25.3 Å². The summed E-state index contributed by atoms with van der Waals surface area (Å²) in [7, 11) is 0. The van der Waals surface area contributed by atoms with E-state index in [2.05, 4.69) is 10.3 Å². The van der Waals surface area contributed by atoms with Crippen molar-refractivity contribution in [3.63, 3.8) is 0 Å². The number of amides is 3. The summed E-state index contributed by atoms with van der Waals surface area (Å²) in [4.78, 5) is 40.8. The van der Waals surface area contributed by atoms with Crippen molar-refractivity contribution >= 4 is 23.4 Å². The van der Waals surface area contributed by atoms with Gasteiger partial charge in [-0.25, -0.2) is 0 Å². The highest BCUT2D eigenvalue weighted by atomic mass is 16.4. The Labute approximate surface area is 155 Å². The Bertz CT molecular complexity index is 786. The van der Waals surface area contributed by atoms with Crippen LogP contribution in [0.4, 0.5) is 5.69 Å². The van der Waals surface area contributed by atoms with Crippen LogP contribution < -0.4 is 11.1 Å². The number of nitrogens with two attached hydrogens (primary N) is 1. The number of fused-ring (bicyclic) bond motifs is 1. The SMILES string of the molecule is NC(=O)c1cncc(NC(=O)C(=O)N2CC[C@@]3(O)C[C@@H](O)CC[C@]3(O)C2)c1. The Morgan fingerprint density at radius 2 is 1.96 bits per heavy atom. The summed E-state index contributed by atoms with van der Waals surface area (Å²) < 4.78 is 0. The number of piperidine rings is 1. The number of β-amino-alcohol motifs (C(OH)–C–C–N with tert-alkyl or cyclic N) is 1. The molecule has 10 nitrogen and oxygen atoms in total. The average Bonchev–Trinajstić information content (AvgIpc) is 2.61. The molecule has 0 spiro atoms. The van der Waals surface area contributed by atoms with Crippen LogP contribution in [0.25, 0.3) is 0 Å². The Morgan fingerprint density at radius 3 is 2.67 bits per heavy atom. The molecule has 1 aliphatic heterocycles. The Hall–Kier alpha value is -2.56. The fourth-order valence-corrected chi connectivity index (χ4v) is 3.74. The minimum atomic E-state index is -1.58. The number of hydrogen-bond donors (Lipinski definition) is 5. The molecule has 2 aliphatic rings. The summed E-state index contributed by atoms with van der Waals surface area (Å²) in [5.74, 6) is -2.55. The maximum absolute atomic E-state index is 12.5. The van der Waals surface area contributed by atoms with Gasteiger partial charge in [-0.3, -0.25) is 19.4 Å². The van der Waals surface area contributed by atoms with Crippen molar-refractivity contribution in [1.82, 2.24) is 9.88 Å². The minimum absolute atomic E-state index is 0.0311. The van der Waals surface area contributed by atoms with Crippen LogP contribution in [-0.4, -0.2) is 73.3 Å². The number of primary amides is 1. The lowest BCUT2D eigenvalue weighted by Gasteiger charge is -2.53. The van der Waals surface area contributed by atoms with E-state index in [1.807, 2.05) is 0 Å². The van der Waals surface area contributed by atoms with Gasteiger partial charge in [0.25, 0.3) is 0 Å². The van der Waals surface area contributed by atoms with E-state index in [-0.39, 0.29) is 43.6 Å². The van der Waals surface area contributed by atoms with Crippen LogP contribution in [0.15, 0.2) is 18.5 Å². The van der Waals surface area contributed by atoms with Crippen molar-refractivity contribution in [2.24, 2.45) is 5.73 Å². The third-order valence-electron chi connectivity index (χ3n) is 5.34. The Kier molecular flexibility index (Phi) is 4.89. The molecule has 3 amide bonds. The van der Waals surface area contributed by atoms with Crippen LogP contribution in [0.1, 0.15) is 36.0 Å². The Balaban J connectivity index is 1.69. The fourth-order valence-electron chi connectivity index (χ4n) is 3.74. The first-order valence-corrected chi connectivity index (χ1v) is 8.61. The smallest absolute Gasteiger partial charge is 0.313 e. The summed E-state index contributed by atoms with van der Waals surface area (Å²) in [6.45, 7) is -0.139. The number of rotatable bonds is 2. The van der Waals surface area contributed by atoms with Crippen LogP contribution in [0.5, 0.6) is 0 Å². The zero-order valence-electron chi connectivity index (χ0n) is 14.6. The van der Waals surface area contributed by atoms with E-state index in [0.29, 0.717) is 6.42 Å². The zero-order chi connectivity index (χ0) is 19.8. The predicted octanol–water partition coefficient (Wildman–Crippen LogP) is -1.64. The molecule has 1 saturated carbocycles. The van der Waals surface area contributed by atoms with Crippen LogP contribution in [0.2, 0.25) is 0 Å². The monoisotopic (exact) mass is 378 g/mol. The molecule has 146 valence electrons. The predicted molar refractivity (Wildman–Crippen MR) is 92.3 cm³/mol. The average molecular weight is 378 g/mol. The molecule has 1 aromatic rings. The van der Waals surface area contributed by atoms with Crippen molar-refractivity contribution < 1.29 is 29.7 Å². The fraction of sp³-hybridized carbons (Fsp3) is 0.529. The van der Waals surface area contributed by atoms with Gasteiger partial charge < -0.3 is 31.3 Å². The second-order valence-corrected chi connectivity index (χ2v) is 7.22. The quantitative estimate of drug-likeness (QED) is 0.385. The summed E-state index contributed by atoms with van der Waals surface area (Å²) >= 11 is 0. The molecule has 0 aromatic carbocycles. The van der Waals surface area contributed by atoms with Gasteiger partial charge in [-0.2, -0.15) is 0 Å². The largest absolute Gasteiger partial charge is 0.393 e. The van der Waals surface area contributed by atoms with Crippen molar-refractivity contribution in [2.45, 2.75) is 43.0 Å². The second kappa shape index (κ2) is 6.87. The van der Waals surface area contributed by atoms with Crippen molar-refractivity contribution in [2.75, 3.05) is 18.4 Å². The molecule has 3 atom stereocenters. The number of carbonyl (C=O) groups excluding carboxylic acids is 3. The molecule has 6 N–H and O–H groups in total. The third-order valence-corrected chi connectivity index (χ3v) is 5.34. The van der Waals surface area contributed by atoms with Crippen LogP contribution in [0.3, 0.4) is 0 Å². The molecule has 2 heterocycles. The van der Waals surface area contributed by atoms with Gasteiger partial charge in [-0.1, -0.05) is 0 Å². The zero-order valence-corrected chi connectivity index (χ0v) is 14.6. The minimum Gasteiger partial charge on any atom is -0.393 e. The molecular weight excluding hydrogens is 356 g/mol. The van der Waals surface area contributed by atoms with E-state index in [1.165, 1.54) is 23.4 Å². The highest BCUT2D eigenvalue weighted by molar-refractivity contribution is 6.39. The normalized spacial score (nSPS) is 30.3. The summed E-state index contributed by atoms with van der Waals surface area (Å²) in [5, 5.41) is 33.6. The van der Waals surface area contributed by atoms with Crippen LogP contribution in [0, 0.1) is 0 Å². The van der Waals surface area contributed by atoms with Gasteiger partial charge in [0.05, 0.1) is 35.7 Å². The van der Waals surface area contributed by atoms with Gasteiger partial charge in [-0.15, -0.1) is 0 Å². The number of nitrogens with zero attached hydrogens (tertiary/aromatic N) is 2. The molecule has 0 bridgehead atoms. The van der Waals surface area contributed by atoms with Crippen LogP contribution >= 0.6 is 0 Å². The number of aromatic nitrogens is 1. The number of aliphatic hydroxyl groups is 3. The summed E-state index contributed by atoms with van der Waals surface area (Å²) in [6.07, 6.45) is 2.31. The molecule has 10 heteroatoms. The molecule has 1 saturated heterocycles. The number of aliphatic hydroxyl groups excluding tert-OH is 1. The number of anilines is 1. The molecule has 2 fully saturated rings. The molecule has 27 heavy (non-hydrogen) atoms. The molecule has 1 aliphatic carbocycles. The van der Waals surface area contributed by atoms with Crippen LogP contribution in [-0.2, 0) is 9.59 Å². The lowest BCUT2D eigenvalue weighted by molar-refractivity contribution is -0.224.